The van der Waals surface area contributed by atoms with E-state index in [0.717, 1.165) is 23.2 Å². The summed E-state index contributed by atoms with van der Waals surface area (Å²) in [7, 11) is 0. The molecule has 0 amide bonds. The minimum atomic E-state index is -0.327. The average Bonchev–Trinajstić information content (AvgIpc) is 2.37. The van der Waals surface area contributed by atoms with Crippen LogP contribution in [0.3, 0.4) is 0 Å². The molecule has 1 atom stereocenters. The summed E-state index contributed by atoms with van der Waals surface area (Å²) in [5.41, 5.74) is 2.97. The van der Waals surface area contributed by atoms with Gasteiger partial charge in [-0.2, -0.15) is 0 Å². The maximum Gasteiger partial charge on any atom is 0.141 e. The number of pyridine rings is 1. The fraction of sp³-hybridized carbons (Fsp3) is 0.267. The Balaban J connectivity index is 2.45. The first-order valence-corrected chi connectivity index (χ1v) is 6.59. The van der Waals surface area contributed by atoms with Gasteiger partial charge in [0.1, 0.15) is 5.82 Å². The third kappa shape index (κ3) is 3.31. The molecule has 0 saturated heterocycles. The number of aryl methyl sites for hydroxylation is 1. The second-order valence-electron chi connectivity index (χ2n) is 4.43. The van der Waals surface area contributed by atoms with E-state index in [9.17, 15) is 4.39 Å². The maximum atomic E-state index is 13.3. The lowest BCUT2D eigenvalue weighted by molar-refractivity contribution is 0.595. The zero-order chi connectivity index (χ0) is 13.8. The first kappa shape index (κ1) is 14.0. The largest absolute Gasteiger partial charge is 0.306 e. The van der Waals surface area contributed by atoms with E-state index >= 15 is 0 Å². The highest BCUT2D eigenvalue weighted by molar-refractivity contribution is 6.30. The molecule has 0 radical (unpaired) electrons. The van der Waals surface area contributed by atoms with Crippen molar-refractivity contribution in [3.63, 3.8) is 0 Å². The number of hydrogen-bond donors (Lipinski definition) is 1. The van der Waals surface area contributed by atoms with E-state index in [0.29, 0.717) is 5.02 Å². The second kappa shape index (κ2) is 6.13. The van der Waals surface area contributed by atoms with E-state index < -0.39 is 0 Å². The average molecular weight is 279 g/mol. The third-order valence-corrected chi connectivity index (χ3v) is 3.25. The van der Waals surface area contributed by atoms with Crippen LogP contribution in [0.4, 0.5) is 4.39 Å². The fourth-order valence-corrected chi connectivity index (χ4v) is 2.39. The number of halogens is 2. The Kier molecular flexibility index (Phi) is 4.51. The number of benzene rings is 1. The van der Waals surface area contributed by atoms with Crippen LogP contribution in [-0.2, 0) is 0 Å². The molecule has 0 aliphatic rings. The molecule has 0 aliphatic carbocycles. The Morgan fingerprint density at radius 1 is 1.32 bits per heavy atom. The molecule has 2 rings (SSSR count). The lowest BCUT2D eigenvalue weighted by Gasteiger charge is -2.20. The molecule has 0 fully saturated rings. The second-order valence-corrected chi connectivity index (χ2v) is 4.86. The van der Waals surface area contributed by atoms with Gasteiger partial charge in [-0.1, -0.05) is 24.6 Å². The highest BCUT2D eigenvalue weighted by atomic mass is 35.5. The van der Waals surface area contributed by atoms with Crippen LogP contribution in [0.2, 0.25) is 5.02 Å². The summed E-state index contributed by atoms with van der Waals surface area (Å²) in [5, 5.41) is 4.06. The van der Waals surface area contributed by atoms with Crippen LogP contribution in [0.15, 0.2) is 36.7 Å². The Bertz CT molecular complexity index is 572. The van der Waals surface area contributed by atoms with Crippen molar-refractivity contribution in [1.82, 2.24) is 10.3 Å². The molecule has 1 N–H and O–H groups in total. The molecule has 1 heterocycles. The lowest BCUT2D eigenvalue weighted by atomic mass is 9.96. The molecule has 0 aliphatic heterocycles. The molecule has 1 aromatic heterocycles. The van der Waals surface area contributed by atoms with Gasteiger partial charge in [0.2, 0.25) is 0 Å². The molecular weight excluding hydrogens is 263 g/mol. The number of nitrogens with zero attached hydrogens (tertiary/aromatic N) is 1. The first-order valence-electron chi connectivity index (χ1n) is 6.21. The van der Waals surface area contributed by atoms with E-state index in [2.05, 4.69) is 10.3 Å². The molecule has 19 heavy (non-hydrogen) atoms. The van der Waals surface area contributed by atoms with E-state index in [-0.39, 0.29) is 11.9 Å². The van der Waals surface area contributed by atoms with Crippen molar-refractivity contribution in [1.29, 1.82) is 0 Å². The molecule has 0 bridgehead atoms. The van der Waals surface area contributed by atoms with Crippen molar-refractivity contribution < 1.29 is 4.39 Å². The van der Waals surface area contributed by atoms with Crippen LogP contribution in [0, 0.1) is 12.7 Å². The molecule has 2 nitrogen and oxygen atoms in total. The Labute approximate surface area is 117 Å². The molecule has 0 spiro atoms. The Morgan fingerprint density at radius 2 is 2.11 bits per heavy atom. The monoisotopic (exact) mass is 278 g/mol. The van der Waals surface area contributed by atoms with Gasteiger partial charge in [-0.25, -0.2) is 4.39 Å². The van der Waals surface area contributed by atoms with Crippen molar-refractivity contribution >= 4 is 11.6 Å². The van der Waals surface area contributed by atoms with Crippen molar-refractivity contribution in [3.8, 4) is 0 Å². The quantitative estimate of drug-likeness (QED) is 0.918. The van der Waals surface area contributed by atoms with E-state index in [1.54, 1.807) is 6.20 Å². The van der Waals surface area contributed by atoms with Crippen molar-refractivity contribution in [2.24, 2.45) is 0 Å². The molecule has 100 valence electrons. The van der Waals surface area contributed by atoms with Gasteiger partial charge in [-0.3, -0.25) is 4.98 Å². The molecule has 1 unspecified atom stereocenters. The van der Waals surface area contributed by atoms with Crippen molar-refractivity contribution in [2.75, 3.05) is 6.54 Å². The van der Waals surface area contributed by atoms with Gasteiger partial charge in [0.25, 0.3) is 0 Å². The Morgan fingerprint density at radius 3 is 2.74 bits per heavy atom. The normalized spacial score (nSPS) is 12.4. The number of rotatable bonds is 4. The van der Waals surface area contributed by atoms with E-state index in [1.807, 2.05) is 32.0 Å². The topological polar surface area (TPSA) is 24.9 Å². The van der Waals surface area contributed by atoms with Crippen LogP contribution in [-0.4, -0.2) is 11.5 Å². The summed E-state index contributed by atoms with van der Waals surface area (Å²) >= 11 is 5.98. The zero-order valence-electron chi connectivity index (χ0n) is 11.0. The van der Waals surface area contributed by atoms with Gasteiger partial charge in [-0.15, -0.1) is 0 Å². The Hall–Kier alpha value is -1.45. The van der Waals surface area contributed by atoms with Gasteiger partial charge in [-0.05, 0) is 48.4 Å². The predicted octanol–water partition coefficient (Wildman–Crippen LogP) is 3.88. The van der Waals surface area contributed by atoms with Crippen LogP contribution in [0.25, 0.3) is 0 Å². The minimum absolute atomic E-state index is 0.0783. The number of nitrogens with one attached hydrogen (secondary N) is 1. The summed E-state index contributed by atoms with van der Waals surface area (Å²) in [6, 6.07) is 7.16. The SMILES string of the molecule is CCNC(c1cncc(F)c1)c1ccc(Cl)cc1C. The maximum absolute atomic E-state index is 13.3. The highest BCUT2D eigenvalue weighted by Crippen LogP contribution is 2.26. The summed E-state index contributed by atoms with van der Waals surface area (Å²) < 4.78 is 13.3. The highest BCUT2D eigenvalue weighted by Gasteiger charge is 2.16. The van der Waals surface area contributed by atoms with Crippen molar-refractivity contribution in [3.05, 3.63) is 64.2 Å². The molecular formula is C15H16ClFN2. The van der Waals surface area contributed by atoms with Crippen LogP contribution < -0.4 is 5.32 Å². The third-order valence-electron chi connectivity index (χ3n) is 3.01. The standard InChI is InChI=1S/C15H16ClFN2/c1-3-19-15(11-7-13(17)9-18-8-11)14-5-4-12(16)6-10(14)2/h4-9,15,19H,3H2,1-2H3. The van der Waals surface area contributed by atoms with E-state index in [1.165, 1.54) is 12.3 Å². The predicted molar refractivity (Wildman–Crippen MR) is 75.9 cm³/mol. The molecule has 2 aromatic rings. The van der Waals surface area contributed by atoms with Crippen LogP contribution in [0.5, 0.6) is 0 Å². The van der Waals surface area contributed by atoms with Crippen LogP contribution >= 0.6 is 11.6 Å². The van der Waals surface area contributed by atoms with Crippen molar-refractivity contribution in [2.45, 2.75) is 19.9 Å². The first-order chi connectivity index (χ1) is 9.11. The van der Waals surface area contributed by atoms with Crippen LogP contribution in [0.1, 0.15) is 29.7 Å². The van der Waals surface area contributed by atoms with Gasteiger partial charge in [0, 0.05) is 11.2 Å². The summed E-state index contributed by atoms with van der Waals surface area (Å²) in [6.45, 7) is 4.80. The summed E-state index contributed by atoms with van der Waals surface area (Å²) in [4.78, 5) is 3.92. The lowest BCUT2D eigenvalue weighted by Crippen LogP contribution is -2.23. The zero-order valence-corrected chi connectivity index (χ0v) is 11.7. The number of hydrogen-bond acceptors (Lipinski definition) is 2. The van der Waals surface area contributed by atoms with Gasteiger partial charge in [0.05, 0.1) is 12.2 Å². The molecule has 4 heteroatoms. The number of aromatic nitrogens is 1. The smallest absolute Gasteiger partial charge is 0.141 e. The molecule has 1 aromatic carbocycles. The van der Waals surface area contributed by atoms with E-state index in [4.69, 9.17) is 11.6 Å². The van der Waals surface area contributed by atoms with Gasteiger partial charge < -0.3 is 5.32 Å². The fourth-order valence-electron chi connectivity index (χ4n) is 2.16. The molecule has 0 saturated carbocycles. The van der Waals surface area contributed by atoms with Gasteiger partial charge in [0.15, 0.2) is 0 Å². The summed E-state index contributed by atoms with van der Waals surface area (Å²) in [6.07, 6.45) is 2.89. The summed E-state index contributed by atoms with van der Waals surface area (Å²) in [5.74, 6) is -0.327. The van der Waals surface area contributed by atoms with Gasteiger partial charge >= 0.3 is 0 Å². The minimum Gasteiger partial charge on any atom is -0.306 e.